The molecule has 1 saturated carbocycles. The van der Waals surface area contributed by atoms with Crippen molar-refractivity contribution in [3.05, 3.63) is 0 Å². The summed E-state index contributed by atoms with van der Waals surface area (Å²) < 4.78 is 10.0. The molecule has 1 rings (SSSR count). The summed E-state index contributed by atoms with van der Waals surface area (Å²) in [5, 5.41) is 6.22. The molecule has 106 valence electrons. The van der Waals surface area contributed by atoms with Gasteiger partial charge in [-0.2, -0.15) is 0 Å². The molecule has 0 saturated heterocycles. The van der Waals surface area contributed by atoms with Gasteiger partial charge in [0.1, 0.15) is 0 Å². The molecule has 18 heavy (non-hydrogen) atoms. The maximum atomic E-state index is 12.1. The Balaban J connectivity index is 2.14. The minimum absolute atomic E-state index is 0.150. The molecule has 5 nitrogen and oxygen atoms in total. The Kier molecular flexibility index (Phi) is 7.23. The van der Waals surface area contributed by atoms with Crippen LogP contribution in [0.3, 0.4) is 0 Å². The first kappa shape index (κ1) is 15.4. The van der Waals surface area contributed by atoms with Gasteiger partial charge in [0.15, 0.2) is 0 Å². The number of hydrogen-bond donors (Lipinski definition) is 2. The summed E-state index contributed by atoms with van der Waals surface area (Å²) in [5.74, 6) is 0.194. The van der Waals surface area contributed by atoms with Gasteiger partial charge in [0.2, 0.25) is 5.91 Å². The Bertz CT molecular complexity index is 242. The van der Waals surface area contributed by atoms with Crippen LogP contribution in [0.25, 0.3) is 0 Å². The van der Waals surface area contributed by atoms with E-state index in [1.165, 1.54) is 0 Å². The van der Waals surface area contributed by atoms with Crippen LogP contribution in [0, 0.1) is 5.41 Å². The van der Waals surface area contributed by atoms with E-state index in [4.69, 9.17) is 9.47 Å². The van der Waals surface area contributed by atoms with Crippen LogP contribution in [0.4, 0.5) is 0 Å². The number of carbonyl (C=O) groups is 1. The van der Waals surface area contributed by atoms with Gasteiger partial charge in [-0.15, -0.1) is 0 Å². The van der Waals surface area contributed by atoms with Gasteiger partial charge in [-0.1, -0.05) is 6.42 Å². The minimum Gasteiger partial charge on any atom is -0.385 e. The van der Waals surface area contributed by atoms with E-state index in [9.17, 15) is 4.79 Å². The molecule has 0 aromatic heterocycles. The van der Waals surface area contributed by atoms with E-state index in [2.05, 4.69) is 10.6 Å². The average Bonchev–Trinajstić information content (AvgIpc) is 2.32. The van der Waals surface area contributed by atoms with Crippen molar-refractivity contribution in [1.29, 1.82) is 0 Å². The van der Waals surface area contributed by atoms with Crippen LogP contribution in [0.15, 0.2) is 0 Å². The molecular weight excluding hydrogens is 232 g/mol. The Hall–Kier alpha value is -0.650. The van der Waals surface area contributed by atoms with Crippen LogP contribution in [0.2, 0.25) is 0 Å². The molecule has 2 N–H and O–H groups in total. The molecule has 1 aliphatic carbocycles. The third-order valence-electron chi connectivity index (χ3n) is 3.65. The summed E-state index contributed by atoms with van der Waals surface area (Å²) in [4.78, 5) is 12.1. The Labute approximate surface area is 110 Å². The summed E-state index contributed by atoms with van der Waals surface area (Å²) in [7, 11) is 3.36. The van der Waals surface area contributed by atoms with E-state index in [1.807, 2.05) is 0 Å². The molecule has 0 radical (unpaired) electrons. The molecule has 1 fully saturated rings. The lowest BCUT2D eigenvalue weighted by Gasteiger charge is -2.40. The van der Waals surface area contributed by atoms with Crippen LogP contribution in [0.1, 0.15) is 25.7 Å². The van der Waals surface area contributed by atoms with Gasteiger partial charge in [0.05, 0.1) is 12.0 Å². The maximum Gasteiger partial charge on any atom is 0.226 e. The molecule has 0 aromatic rings. The van der Waals surface area contributed by atoms with Crippen molar-refractivity contribution in [1.82, 2.24) is 10.6 Å². The third-order valence-corrected chi connectivity index (χ3v) is 3.65. The lowest BCUT2D eigenvalue weighted by atomic mass is 9.66. The quantitative estimate of drug-likeness (QED) is 0.562. The van der Waals surface area contributed by atoms with E-state index in [-0.39, 0.29) is 11.3 Å². The summed E-state index contributed by atoms with van der Waals surface area (Å²) in [6.45, 7) is 3.65. The van der Waals surface area contributed by atoms with Crippen LogP contribution >= 0.6 is 0 Å². The predicted octanol–water partition coefficient (Wildman–Crippen LogP) is 0.545. The van der Waals surface area contributed by atoms with Crippen LogP contribution in [0.5, 0.6) is 0 Å². The fraction of sp³-hybridized carbons (Fsp3) is 0.923. The van der Waals surface area contributed by atoms with Crippen molar-refractivity contribution >= 4 is 5.91 Å². The van der Waals surface area contributed by atoms with E-state index in [0.29, 0.717) is 19.8 Å². The van der Waals surface area contributed by atoms with Crippen molar-refractivity contribution in [3.8, 4) is 0 Å². The van der Waals surface area contributed by atoms with Gasteiger partial charge in [0.25, 0.3) is 0 Å². The zero-order valence-corrected chi connectivity index (χ0v) is 11.6. The van der Waals surface area contributed by atoms with Crippen LogP contribution in [-0.2, 0) is 14.3 Å². The highest BCUT2D eigenvalue weighted by molar-refractivity contribution is 5.83. The maximum absolute atomic E-state index is 12.1. The highest BCUT2D eigenvalue weighted by Gasteiger charge is 2.43. The first-order chi connectivity index (χ1) is 8.75. The van der Waals surface area contributed by atoms with Gasteiger partial charge >= 0.3 is 0 Å². The molecule has 1 amide bonds. The van der Waals surface area contributed by atoms with E-state index < -0.39 is 0 Å². The number of amides is 1. The van der Waals surface area contributed by atoms with E-state index in [1.54, 1.807) is 14.2 Å². The fourth-order valence-electron chi connectivity index (χ4n) is 2.24. The number of hydrogen-bond acceptors (Lipinski definition) is 4. The molecule has 0 bridgehead atoms. The SMILES string of the molecule is COCCNCCNC(=O)C1(CCOC)CCC1. The normalized spacial score (nSPS) is 17.2. The largest absolute Gasteiger partial charge is 0.385 e. The monoisotopic (exact) mass is 258 g/mol. The van der Waals surface area contributed by atoms with Crippen molar-refractivity contribution in [2.75, 3.05) is 47.1 Å². The Morgan fingerprint density at radius 1 is 1.11 bits per heavy atom. The standard InChI is InChI=1S/C13H26N2O3/c1-17-10-6-13(4-3-5-13)12(16)15-8-7-14-9-11-18-2/h14H,3-11H2,1-2H3,(H,15,16). The minimum atomic E-state index is -0.150. The molecule has 0 heterocycles. The van der Waals surface area contributed by atoms with Crippen molar-refractivity contribution in [2.24, 2.45) is 5.41 Å². The fourth-order valence-corrected chi connectivity index (χ4v) is 2.24. The molecule has 0 unspecified atom stereocenters. The lowest BCUT2D eigenvalue weighted by molar-refractivity contribution is -0.137. The molecule has 0 atom stereocenters. The lowest BCUT2D eigenvalue weighted by Crippen LogP contribution is -2.47. The van der Waals surface area contributed by atoms with Gasteiger partial charge in [0, 0.05) is 40.5 Å². The number of nitrogens with one attached hydrogen (secondary N) is 2. The van der Waals surface area contributed by atoms with Gasteiger partial charge in [-0.05, 0) is 19.3 Å². The van der Waals surface area contributed by atoms with Crippen molar-refractivity contribution in [2.45, 2.75) is 25.7 Å². The second-order valence-electron chi connectivity index (χ2n) is 4.88. The average molecular weight is 258 g/mol. The van der Waals surface area contributed by atoms with Crippen LogP contribution in [-0.4, -0.2) is 53.0 Å². The molecule has 0 spiro atoms. The molecule has 1 aliphatic rings. The number of carbonyl (C=O) groups excluding carboxylic acids is 1. The Morgan fingerprint density at radius 3 is 2.39 bits per heavy atom. The Morgan fingerprint density at radius 2 is 1.83 bits per heavy atom. The second kappa shape index (κ2) is 8.45. The molecular formula is C13H26N2O3. The van der Waals surface area contributed by atoms with Gasteiger partial charge in [-0.3, -0.25) is 4.79 Å². The highest BCUT2D eigenvalue weighted by Crippen LogP contribution is 2.44. The van der Waals surface area contributed by atoms with Crippen LogP contribution < -0.4 is 10.6 Å². The van der Waals surface area contributed by atoms with Crippen molar-refractivity contribution in [3.63, 3.8) is 0 Å². The molecule has 0 aromatic carbocycles. The van der Waals surface area contributed by atoms with E-state index in [0.717, 1.165) is 38.8 Å². The summed E-state index contributed by atoms with van der Waals surface area (Å²) in [5.41, 5.74) is -0.150. The predicted molar refractivity (Wildman–Crippen MR) is 70.5 cm³/mol. The van der Waals surface area contributed by atoms with Crippen molar-refractivity contribution < 1.29 is 14.3 Å². The molecule has 0 aliphatic heterocycles. The zero-order chi connectivity index (χ0) is 13.3. The first-order valence-corrected chi connectivity index (χ1v) is 6.72. The number of rotatable bonds is 10. The summed E-state index contributed by atoms with van der Waals surface area (Å²) >= 11 is 0. The molecule has 5 heteroatoms. The van der Waals surface area contributed by atoms with E-state index >= 15 is 0 Å². The first-order valence-electron chi connectivity index (χ1n) is 6.72. The third kappa shape index (κ3) is 4.55. The number of ether oxygens (including phenoxy) is 2. The van der Waals surface area contributed by atoms with Gasteiger partial charge < -0.3 is 20.1 Å². The second-order valence-corrected chi connectivity index (χ2v) is 4.88. The number of methoxy groups -OCH3 is 2. The zero-order valence-electron chi connectivity index (χ0n) is 11.6. The van der Waals surface area contributed by atoms with Gasteiger partial charge in [-0.25, -0.2) is 0 Å². The topological polar surface area (TPSA) is 59.6 Å². The highest BCUT2D eigenvalue weighted by atomic mass is 16.5. The summed E-state index contributed by atoms with van der Waals surface area (Å²) in [6.07, 6.45) is 3.99. The smallest absolute Gasteiger partial charge is 0.226 e. The summed E-state index contributed by atoms with van der Waals surface area (Å²) in [6, 6.07) is 0.